The summed E-state index contributed by atoms with van der Waals surface area (Å²) < 4.78 is 65.5. The summed E-state index contributed by atoms with van der Waals surface area (Å²) >= 11 is 0. The van der Waals surface area contributed by atoms with E-state index >= 15 is 0 Å². The lowest BCUT2D eigenvalue weighted by atomic mass is 9.91. The Bertz CT molecular complexity index is 408. The normalized spacial score (nSPS) is 15.9. The first-order valence-corrected chi connectivity index (χ1v) is 4.33. The van der Waals surface area contributed by atoms with Crippen molar-refractivity contribution in [2.24, 2.45) is 0 Å². The molecule has 1 atom stereocenters. The van der Waals surface area contributed by atoms with Crippen molar-refractivity contribution in [3.63, 3.8) is 0 Å². The number of benzene rings is 1. The molecule has 0 spiro atoms. The van der Waals surface area contributed by atoms with Gasteiger partial charge in [0.1, 0.15) is 0 Å². The van der Waals surface area contributed by atoms with Gasteiger partial charge in [0.05, 0.1) is 0 Å². The first kappa shape index (κ1) is 12.7. The van der Waals surface area contributed by atoms with Crippen molar-refractivity contribution in [3.05, 3.63) is 29.3 Å². The minimum Gasteiger partial charge on any atom is -0.505 e. The Kier molecular flexibility index (Phi) is 2.87. The summed E-state index contributed by atoms with van der Waals surface area (Å²) in [4.78, 5) is 0. The van der Waals surface area contributed by atoms with Crippen LogP contribution >= 0.6 is 0 Å². The lowest BCUT2D eigenvalue weighted by Crippen LogP contribution is -2.37. The van der Waals surface area contributed by atoms with Crippen LogP contribution < -0.4 is 0 Å². The van der Waals surface area contributed by atoms with Crippen LogP contribution in [-0.4, -0.2) is 11.0 Å². The molecule has 1 rings (SSSR count). The van der Waals surface area contributed by atoms with Crippen molar-refractivity contribution in [1.29, 1.82) is 0 Å². The third kappa shape index (κ3) is 1.83. The van der Waals surface area contributed by atoms with Gasteiger partial charge in [-0.05, 0) is 19.1 Å². The monoisotopic (exact) mass is 240 g/mol. The second kappa shape index (κ2) is 3.61. The number of phenolic OH excluding ortho intramolecular Hbond substituents is 1. The van der Waals surface area contributed by atoms with Gasteiger partial charge in [0, 0.05) is 12.5 Å². The molecule has 1 N–H and O–H groups in total. The zero-order valence-corrected chi connectivity index (χ0v) is 8.49. The van der Waals surface area contributed by atoms with Crippen LogP contribution in [0.15, 0.2) is 12.1 Å². The SMILES string of the molecule is CC(F)(F)C(C)(F)c1ccc(O)c(F)c1F. The van der Waals surface area contributed by atoms with Gasteiger partial charge in [-0.15, -0.1) is 0 Å². The lowest BCUT2D eigenvalue weighted by molar-refractivity contribution is -0.120. The molecule has 0 aliphatic rings. The molecule has 0 radical (unpaired) electrons. The zero-order valence-electron chi connectivity index (χ0n) is 8.49. The molecule has 1 aromatic rings. The Morgan fingerprint density at radius 2 is 1.50 bits per heavy atom. The maximum absolute atomic E-state index is 13.7. The van der Waals surface area contributed by atoms with Crippen molar-refractivity contribution >= 4 is 0 Å². The summed E-state index contributed by atoms with van der Waals surface area (Å²) in [5.41, 5.74) is -4.48. The summed E-state index contributed by atoms with van der Waals surface area (Å²) in [6, 6.07) is 1.21. The Hall–Kier alpha value is -1.33. The Morgan fingerprint density at radius 1 is 1.00 bits per heavy atom. The van der Waals surface area contributed by atoms with Crippen molar-refractivity contribution in [2.75, 3.05) is 0 Å². The molecule has 0 saturated heterocycles. The van der Waals surface area contributed by atoms with E-state index < -0.39 is 34.5 Å². The quantitative estimate of drug-likeness (QED) is 0.784. The van der Waals surface area contributed by atoms with Gasteiger partial charge in [-0.2, -0.15) is 4.39 Å². The zero-order chi connectivity index (χ0) is 12.7. The maximum atomic E-state index is 13.7. The molecule has 6 heteroatoms. The van der Waals surface area contributed by atoms with Crippen molar-refractivity contribution in [2.45, 2.75) is 25.4 Å². The van der Waals surface area contributed by atoms with Crippen molar-refractivity contribution in [3.8, 4) is 5.75 Å². The largest absolute Gasteiger partial charge is 0.505 e. The first-order chi connectivity index (χ1) is 7.09. The highest BCUT2D eigenvalue weighted by Gasteiger charge is 2.50. The number of alkyl halides is 3. The molecule has 0 aromatic heterocycles. The second-order valence-corrected chi connectivity index (χ2v) is 3.65. The first-order valence-electron chi connectivity index (χ1n) is 4.33. The molecule has 0 amide bonds. The van der Waals surface area contributed by atoms with E-state index in [4.69, 9.17) is 5.11 Å². The smallest absolute Gasteiger partial charge is 0.282 e. The number of phenols is 1. The van der Waals surface area contributed by atoms with E-state index in [0.717, 1.165) is 0 Å². The van der Waals surface area contributed by atoms with Crippen molar-refractivity contribution in [1.82, 2.24) is 0 Å². The molecule has 0 aliphatic carbocycles. The summed E-state index contributed by atoms with van der Waals surface area (Å²) in [6.45, 7) is 0.707. The molecule has 1 unspecified atom stereocenters. The number of rotatable bonds is 2. The molecular formula is C10H9F5O. The van der Waals surface area contributed by atoms with E-state index in [1.807, 2.05) is 0 Å². The molecule has 0 bridgehead atoms. The molecule has 90 valence electrons. The third-order valence-electron chi connectivity index (χ3n) is 2.39. The van der Waals surface area contributed by atoms with E-state index in [1.54, 1.807) is 0 Å². The lowest BCUT2D eigenvalue weighted by Gasteiger charge is -2.27. The molecule has 0 fully saturated rings. The van der Waals surface area contributed by atoms with E-state index in [9.17, 15) is 22.0 Å². The third-order valence-corrected chi connectivity index (χ3v) is 2.39. The fraction of sp³-hybridized carbons (Fsp3) is 0.400. The van der Waals surface area contributed by atoms with Gasteiger partial charge in [-0.25, -0.2) is 17.6 Å². The molecule has 1 nitrogen and oxygen atoms in total. The molecular weight excluding hydrogens is 231 g/mol. The van der Waals surface area contributed by atoms with Crippen LogP contribution in [0.25, 0.3) is 0 Å². The van der Waals surface area contributed by atoms with Crippen LogP contribution in [-0.2, 0) is 5.67 Å². The summed E-state index contributed by atoms with van der Waals surface area (Å²) in [5.74, 6) is -8.49. The highest BCUT2D eigenvalue weighted by Crippen LogP contribution is 2.42. The fourth-order valence-electron chi connectivity index (χ4n) is 1.14. The van der Waals surface area contributed by atoms with Gasteiger partial charge in [-0.1, -0.05) is 0 Å². The molecule has 0 heterocycles. The van der Waals surface area contributed by atoms with Crippen LogP contribution in [0.5, 0.6) is 5.75 Å². The highest BCUT2D eigenvalue weighted by molar-refractivity contribution is 5.34. The van der Waals surface area contributed by atoms with Crippen LogP contribution in [0.3, 0.4) is 0 Å². The van der Waals surface area contributed by atoms with E-state index in [-0.39, 0.29) is 6.92 Å². The number of aromatic hydroxyl groups is 1. The van der Waals surface area contributed by atoms with Crippen LogP contribution in [0.1, 0.15) is 19.4 Å². The van der Waals surface area contributed by atoms with E-state index in [0.29, 0.717) is 19.1 Å². The molecule has 16 heavy (non-hydrogen) atoms. The maximum Gasteiger partial charge on any atom is 0.282 e. The van der Waals surface area contributed by atoms with Gasteiger partial charge >= 0.3 is 0 Å². The van der Waals surface area contributed by atoms with Gasteiger partial charge in [0.25, 0.3) is 5.92 Å². The highest BCUT2D eigenvalue weighted by atomic mass is 19.3. The fourth-order valence-corrected chi connectivity index (χ4v) is 1.14. The summed E-state index contributed by atoms with van der Waals surface area (Å²) in [7, 11) is 0. The van der Waals surface area contributed by atoms with E-state index in [1.165, 1.54) is 0 Å². The number of hydrogen-bond acceptors (Lipinski definition) is 1. The van der Waals surface area contributed by atoms with Gasteiger partial charge < -0.3 is 5.11 Å². The Morgan fingerprint density at radius 3 is 1.94 bits per heavy atom. The minimum absolute atomic E-state index is 0.261. The van der Waals surface area contributed by atoms with Crippen LogP contribution in [0.2, 0.25) is 0 Å². The van der Waals surface area contributed by atoms with Gasteiger partial charge in [0.15, 0.2) is 17.2 Å². The summed E-state index contributed by atoms with van der Waals surface area (Å²) in [6.07, 6.45) is 0. The average molecular weight is 240 g/mol. The Balaban J connectivity index is 3.41. The average Bonchev–Trinajstić information content (AvgIpc) is 2.12. The second-order valence-electron chi connectivity index (χ2n) is 3.65. The van der Waals surface area contributed by atoms with E-state index in [2.05, 4.69) is 0 Å². The number of hydrogen-bond donors (Lipinski definition) is 1. The summed E-state index contributed by atoms with van der Waals surface area (Å²) in [5, 5.41) is 8.77. The Labute approximate surface area is 88.5 Å². The van der Waals surface area contributed by atoms with Crippen molar-refractivity contribution < 1.29 is 27.1 Å². The molecule has 0 saturated carbocycles. The predicted octanol–water partition coefficient (Wildman–Crippen LogP) is 3.51. The standard InChI is InChI=1S/C10H9F5O/c1-9(13,10(2,14)15)5-3-4-6(16)8(12)7(5)11/h3-4,16H,1-2H3. The topological polar surface area (TPSA) is 20.2 Å². The van der Waals surface area contributed by atoms with Crippen LogP contribution in [0, 0.1) is 11.6 Å². The minimum atomic E-state index is -3.88. The molecule has 0 aliphatic heterocycles. The molecule has 1 aromatic carbocycles. The van der Waals surface area contributed by atoms with Gasteiger partial charge in [0.2, 0.25) is 5.82 Å². The van der Waals surface area contributed by atoms with Crippen LogP contribution in [0.4, 0.5) is 22.0 Å². The number of halogens is 5. The predicted molar refractivity (Wildman–Crippen MR) is 47.1 cm³/mol. The van der Waals surface area contributed by atoms with Gasteiger partial charge in [-0.3, -0.25) is 0 Å².